The number of carbonyl (C=O) groups excluding carboxylic acids is 1. The Bertz CT molecular complexity index is 1060. The molecule has 0 aliphatic carbocycles. The van der Waals surface area contributed by atoms with E-state index in [-0.39, 0.29) is 30.5 Å². The van der Waals surface area contributed by atoms with Gasteiger partial charge in [-0.2, -0.15) is 5.10 Å². The maximum absolute atomic E-state index is 12.8. The molecule has 27 heavy (non-hydrogen) atoms. The van der Waals surface area contributed by atoms with Crippen molar-refractivity contribution >= 4 is 15.7 Å². The third-order valence-electron chi connectivity index (χ3n) is 4.68. The number of hydrogen-bond acceptors (Lipinski definition) is 4. The van der Waals surface area contributed by atoms with Crippen molar-refractivity contribution in [2.24, 2.45) is 0 Å². The lowest BCUT2D eigenvalue weighted by atomic mass is 10.1. The minimum absolute atomic E-state index is 0.0236. The Morgan fingerprint density at radius 1 is 0.926 bits per heavy atom. The van der Waals surface area contributed by atoms with Crippen LogP contribution in [-0.4, -0.2) is 53.6 Å². The molecule has 0 bridgehead atoms. The average molecular weight is 381 g/mol. The number of nitrogens with zero attached hydrogens (tertiary/aromatic N) is 3. The zero-order valence-corrected chi connectivity index (χ0v) is 15.5. The smallest absolute Gasteiger partial charge is 0.253 e. The van der Waals surface area contributed by atoms with Gasteiger partial charge in [0.15, 0.2) is 9.84 Å². The Balaban J connectivity index is 1.63. The van der Waals surface area contributed by atoms with Crippen LogP contribution in [-0.2, 0) is 9.84 Å². The third kappa shape index (κ3) is 3.64. The molecule has 1 aliphatic heterocycles. The van der Waals surface area contributed by atoms with Crippen molar-refractivity contribution in [1.29, 1.82) is 0 Å². The Kier molecular flexibility index (Phi) is 4.53. The normalized spacial score (nSPS) is 16.2. The summed E-state index contributed by atoms with van der Waals surface area (Å²) < 4.78 is 25.0. The van der Waals surface area contributed by atoms with E-state index in [1.54, 1.807) is 27.9 Å². The Morgan fingerprint density at radius 2 is 1.67 bits per heavy atom. The summed E-state index contributed by atoms with van der Waals surface area (Å²) in [5.74, 6) is -0.106. The SMILES string of the molecule is O=C(c1cccc(-n2nccc2-c2ccccc2)c1)N1CCS(=O)(=O)CC1. The lowest BCUT2D eigenvalue weighted by Gasteiger charge is -2.26. The highest BCUT2D eigenvalue weighted by molar-refractivity contribution is 7.91. The molecule has 0 saturated carbocycles. The molecule has 0 unspecified atom stereocenters. The summed E-state index contributed by atoms with van der Waals surface area (Å²) in [5, 5.41) is 4.41. The van der Waals surface area contributed by atoms with E-state index >= 15 is 0 Å². The van der Waals surface area contributed by atoms with E-state index < -0.39 is 9.84 Å². The van der Waals surface area contributed by atoms with E-state index in [0.29, 0.717) is 5.56 Å². The fraction of sp³-hybridized carbons (Fsp3) is 0.200. The molecule has 2 aromatic carbocycles. The lowest BCUT2D eigenvalue weighted by molar-refractivity contribution is 0.0770. The molecule has 4 rings (SSSR count). The molecular formula is C20H19N3O3S. The third-order valence-corrected chi connectivity index (χ3v) is 6.29. The van der Waals surface area contributed by atoms with Gasteiger partial charge in [-0.3, -0.25) is 4.79 Å². The van der Waals surface area contributed by atoms with E-state index in [9.17, 15) is 13.2 Å². The van der Waals surface area contributed by atoms with Crippen molar-refractivity contribution < 1.29 is 13.2 Å². The molecule has 0 atom stereocenters. The van der Waals surface area contributed by atoms with Gasteiger partial charge in [-0.25, -0.2) is 13.1 Å². The molecule has 2 heterocycles. The number of amides is 1. The van der Waals surface area contributed by atoms with Crippen molar-refractivity contribution in [3.05, 3.63) is 72.4 Å². The molecule has 1 amide bonds. The Morgan fingerprint density at radius 3 is 2.41 bits per heavy atom. The van der Waals surface area contributed by atoms with Crippen LogP contribution < -0.4 is 0 Å². The van der Waals surface area contributed by atoms with E-state index in [1.807, 2.05) is 48.5 Å². The summed E-state index contributed by atoms with van der Waals surface area (Å²) in [4.78, 5) is 14.4. The van der Waals surface area contributed by atoms with Crippen LogP contribution in [0.5, 0.6) is 0 Å². The molecule has 7 heteroatoms. The zero-order valence-electron chi connectivity index (χ0n) is 14.7. The van der Waals surface area contributed by atoms with E-state index in [4.69, 9.17) is 0 Å². The molecule has 0 spiro atoms. The van der Waals surface area contributed by atoms with Crippen LogP contribution in [0, 0.1) is 0 Å². The summed E-state index contributed by atoms with van der Waals surface area (Å²) in [6, 6.07) is 19.1. The standard InChI is InChI=1S/C20H19N3O3S/c24-20(22-11-13-27(25,26)14-12-22)17-7-4-8-18(15-17)23-19(9-10-21-23)16-5-2-1-3-6-16/h1-10,15H,11-14H2. The topological polar surface area (TPSA) is 72.3 Å². The van der Waals surface area contributed by atoms with Crippen LogP contribution in [0.25, 0.3) is 16.9 Å². The lowest BCUT2D eigenvalue weighted by Crippen LogP contribution is -2.43. The second kappa shape index (κ2) is 7.00. The molecule has 1 aromatic heterocycles. The number of aromatic nitrogens is 2. The Labute approximate surface area is 158 Å². The summed E-state index contributed by atoms with van der Waals surface area (Å²) in [5.41, 5.74) is 3.29. The van der Waals surface area contributed by atoms with Crippen molar-refractivity contribution in [3.8, 4) is 16.9 Å². The van der Waals surface area contributed by atoms with Gasteiger partial charge in [0, 0.05) is 24.2 Å². The van der Waals surface area contributed by atoms with E-state index in [1.165, 1.54) is 0 Å². The first-order valence-electron chi connectivity index (χ1n) is 8.73. The van der Waals surface area contributed by atoms with Crippen LogP contribution in [0.15, 0.2) is 66.9 Å². The van der Waals surface area contributed by atoms with E-state index in [2.05, 4.69) is 5.10 Å². The first-order valence-corrected chi connectivity index (χ1v) is 10.6. The number of carbonyl (C=O) groups is 1. The highest BCUT2D eigenvalue weighted by Crippen LogP contribution is 2.23. The van der Waals surface area contributed by atoms with E-state index in [0.717, 1.165) is 16.9 Å². The number of sulfone groups is 1. The highest BCUT2D eigenvalue weighted by Gasteiger charge is 2.26. The molecule has 6 nitrogen and oxygen atoms in total. The largest absolute Gasteiger partial charge is 0.337 e. The van der Waals surface area contributed by atoms with Crippen molar-refractivity contribution in [1.82, 2.24) is 14.7 Å². The highest BCUT2D eigenvalue weighted by atomic mass is 32.2. The molecule has 3 aromatic rings. The predicted molar refractivity (Wildman–Crippen MR) is 104 cm³/mol. The Hall–Kier alpha value is -2.93. The van der Waals surface area contributed by atoms with Gasteiger partial charge >= 0.3 is 0 Å². The van der Waals surface area contributed by atoms with Gasteiger partial charge in [-0.05, 0) is 24.3 Å². The van der Waals surface area contributed by atoms with Crippen molar-refractivity contribution in [3.63, 3.8) is 0 Å². The number of rotatable bonds is 3. The fourth-order valence-electron chi connectivity index (χ4n) is 3.21. The fourth-order valence-corrected chi connectivity index (χ4v) is 4.41. The molecule has 0 radical (unpaired) electrons. The van der Waals surface area contributed by atoms with Gasteiger partial charge in [0.2, 0.25) is 0 Å². The zero-order chi connectivity index (χ0) is 18.9. The van der Waals surface area contributed by atoms with Crippen LogP contribution >= 0.6 is 0 Å². The number of hydrogen-bond donors (Lipinski definition) is 0. The number of benzene rings is 2. The van der Waals surface area contributed by atoms with Gasteiger partial charge < -0.3 is 4.90 Å². The monoisotopic (exact) mass is 381 g/mol. The molecular weight excluding hydrogens is 362 g/mol. The van der Waals surface area contributed by atoms with Gasteiger partial charge in [-0.1, -0.05) is 36.4 Å². The molecule has 1 saturated heterocycles. The van der Waals surface area contributed by atoms with Crippen LogP contribution in [0.2, 0.25) is 0 Å². The quantitative estimate of drug-likeness (QED) is 0.698. The first-order chi connectivity index (χ1) is 13.0. The van der Waals surface area contributed by atoms with Crippen LogP contribution in [0.3, 0.4) is 0 Å². The molecule has 1 fully saturated rings. The van der Waals surface area contributed by atoms with Gasteiger partial charge in [0.1, 0.15) is 0 Å². The molecule has 0 N–H and O–H groups in total. The molecule has 138 valence electrons. The van der Waals surface area contributed by atoms with Crippen LogP contribution in [0.1, 0.15) is 10.4 Å². The average Bonchev–Trinajstić information content (AvgIpc) is 3.18. The minimum Gasteiger partial charge on any atom is -0.337 e. The van der Waals surface area contributed by atoms with Gasteiger partial charge in [-0.15, -0.1) is 0 Å². The maximum Gasteiger partial charge on any atom is 0.253 e. The maximum atomic E-state index is 12.8. The second-order valence-electron chi connectivity index (χ2n) is 6.49. The first kappa shape index (κ1) is 17.5. The van der Waals surface area contributed by atoms with Gasteiger partial charge in [0.05, 0.1) is 29.1 Å². The predicted octanol–water partition coefficient (Wildman–Crippen LogP) is 2.41. The van der Waals surface area contributed by atoms with Crippen molar-refractivity contribution in [2.45, 2.75) is 0 Å². The summed E-state index contributed by atoms with van der Waals surface area (Å²) in [7, 11) is -3.02. The summed E-state index contributed by atoms with van der Waals surface area (Å²) in [6.45, 7) is 0.477. The van der Waals surface area contributed by atoms with Crippen LogP contribution in [0.4, 0.5) is 0 Å². The minimum atomic E-state index is -3.02. The van der Waals surface area contributed by atoms with Gasteiger partial charge in [0.25, 0.3) is 5.91 Å². The summed E-state index contributed by atoms with van der Waals surface area (Å²) in [6.07, 6.45) is 1.73. The van der Waals surface area contributed by atoms with Crippen molar-refractivity contribution in [2.75, 3.05) is 24.6 Å². The molecule has 1 aliphatic rings. The second-order valence-corrected chi connectivity index (χ2v) is 8.79. The summed E-state index contributed by atoms with van der Waals surface area (Å²) >= 11 is 0.